The van der Waals surface area contributed by atoms with Crippen LogP contribution < -0.4 is 0 Å². The molecule has 0 atom stereocenters. The first-order chi connectivity index (χ1) is 1.73. The molecule has 0 aromatic heterocycles. The maximum Gasteiger partial charge on any atom is 2.00 e. The molecule has 0 saturated carbocycles. The van der Waals surface area contributed by atoms with Gasteiger partial charge in [-0.1, -0.05) is 0 Å². The van der Waals surface area contributed by atoms with Crippen molar-refractivity contribution in [1.82, 2.24) is 0 Å². The minimum atomic E-state index is -1.75. The van der Waals surface area contributed by atoms with Gasteiger partial charge in [-0.25, -0.2) is 0 Å². The molecule has 0 bridgehead atoms. The van der Waals surface area contributed by atoms with Crippen LogP contribution in [0.1, 0.15) is 0 Å². The SMILES string of the molecule is O=[N+]([O-])[O-].[Cu].[OH-].[Zn+2]. The zero-order valence-corrected chi connectivity index (χ0v) is 7.04. The van der Waals surface area contributed by atoms with E-state index in [4.69, 9.17) is 15.3 Å². The normalized spacial score (nSPS) is 3.43. The van der Waals surface area contributed by atoms with E-state index < -0.39 is 5.09 Å². The van der Waals surface area contributed by atoms with E-state index >= 15 is 0 Å². The summed E-state index contributed by atoms with van der Waals surface area (Å²) in [6, 6.07) is 0. The molecule has 0 spiro atoms. The van der Waals surface area contributed by atoms with E-state index in [0.717, 1.165) is 0 Å². The summed E-state index contributed by atoms with van der Waals surface area (Å²) < 4.78 is 0. The third-order valence-electron chi connectivity index (χ3n) is 0. The number of hydrogen-bond donors (Lipinski definition) is 0. The van der Waals surface area contributed by atoms with Crippen LogP contribution in [0.3, 0.4) is 0 Å². The Morgan fingerprint density at radius 1 is 1.29 bits per heavy atom. The van der Waals surface area contributed by atoms with Crippen molar-refractivity contribution in [2.24, 2.45) is 0 Å². The molecule has 7 heteroatoms. The fourth-order valence-corrected chi connectivity index (χ4v) is 0. The summed E-state index contributed by atoms with van der Waals surface area (Å²) in [6.45, 7) is 0. The summed E-state index contributed by atoms with van der Waals surface area (Å²) in [7, 11) is 0. The molecular formula is HCuNO4Zn. The topological polar surface area (TPSA) is 96.2 Å². The summed E-state index contributed by atoms with van der Waals surface area (Å²) in [5, 5.41) is 14.8. The number of hydrogen-bond acceptors (Lipinski definition) is 4. The molecule has 7 heavy (non-hydrogen) atoms. The van der Waals surface area contributed by atoms with E-state index in [1.165, 1.54) is 0 Å². The van der Waals surface area contributed by atoms with Gasteiger partial charge in [0, 0.05) is 17.1 Å². The minimum absolute atomic E-state index is 0. The largest absolute Gasteiger partial charge is 2.00 e. The van der Waals surface area contributed by atoms with Crippen LogP contribution in [0.25, 0.3) is 0 Å². The Balaban J connectivity index is -0.0000000150. The van der Waals surface area contributed by atoms with Crippen molar-refractivity contribution in [2.75, 3.05) is 0 Å². The molecule has 0 amide bonds. The van der Waals surface area contributed by atoms with Gasteiger partial charge < -0.3 is 20.8 Å². The van der Waals surface area contributed by atoms with Gasteiger partial charge in [0.05, 0.1) is 5.09 Å². The molecule has 0 heterocycles. The molecule has 0 aliphatic heterocycles. The van der Waals surface area contributed by atoms with Gasteiger partial charge in [-0.05, 0) is 0 Å². The smallest absolute Gasteiger partial charge is 0.870 e. The maximum absolute atomic E-state index is 8.25. The Kier molecular flexibility index (Phi) is 61.7. The van der Waals surface area contributed by atoms with E-state index in [9.17, 15) is 0 Å². The van der Waals surface area contributed by atoms with Crippen LogP contribution in [0.5, 0.6) is 0 Å². The first-order valence-electron chi connectivity index (χ1n) is 0.548. The van der Waals surface area contributed by atoms with Gasteiger partial charge in [0.15, 0.2) is 0 Å². The molecule has 1 N–H and O–H groups in total. The quantitative estimate of drug-likeness (QED) is 0.306. The molecule has 0 aromatic carbocycles. The zero-order valence-electron chi connectivity index (χ0n) is 3.13. The number of rotatable bonds is 0. The summed E-state index contributed by atoms with van der Waals surface area (Å²) in [6.07, 6.45) is 0. The van der Waals surface area contributed by atoms with Crippen molar-refractivity contribution in [3.8, 4) is 0 Å². The molecule has 0 unspecified atom stereocenters. The van der Waals surface area contributed by atoms with Gasteiger partial charge >= 0.3 is 19.5 Å². The second kappa shape index (κ2) is 16.2. The molecule has 0 aromatic rings. The molecule has 0 saturated heterocycles. The average molecular weight is 208 g/mol. The Labute approximate surface area is 62.7 Å². The Hall–Kier alpha value is 0.303. The molecule has 43 valence electrons. The fourth-order valence-electron chi connectivity index (χ4n) is 0. The van der Waals surface area contributed by atoms with Crippen molar-refractivity contribution in [1.29, 1.82) is 0 Å². The zero-order chi connectivity index (χ0) is 3.58. The van der Waals surface area contributed by atoms with Gasteiger partial charge in [0.1, 0.15) is 0 Å². The van der Waals surface area contributed by atoms with E-state index in [0.29, 0.717) is 0 Å². The summed E-state index contributed by atoms with van der Waals surface area (Å²) >= 11 is 0. The summed E-state index contributed by atoms with van der Waals surface area (Å²) in [4.78, 5) is 8.25. The second-order valence-electron chi connectivity index (χ2n) is 0.224. The minimum Gasteiger partial charge on any atom is -0.870 e. The monoisotopic (exact) mass is 206 g/mol. The van der Waals surface area contributed by atoms with Crippen molar-refractivity contribution < 1.29 is 47.1 Å². The van der Waals surface area contributed by atoms with Crippen LogP contribution in [-0.2, 0) is 36.5 Å². The average Bonchev–Trinajstić information content (AvgIpc) is 0.811. The standard InChI is InChI=1S/Cu.NO3.H2O.Zn/c;2-1(3)4;;/h;;1H2;/q;-1;;+2/p-1. The van der Waals surface area contributed by atoms with E-state index in [1.54, 1.807) is 0 Å². The van der Waals surface area contributed by atoms with Crippen molar-refractivity contribution in [3.05, 3.63) is 15.3 Å². The molecular weight excluding hydrogens is 207 g/mol. The molecule has 0 rings (SSSR count). The first kappa shape index (κ1) is 26.6. The second-order valence-corrected chi connectivity index (χ2v) is 0.224. The maximum atomic E-state index is 8.25. The van der Waals surface area contributed by atoms with Crippen LogP contribution in [-0.4, -0.2) is 10.6 Å². The van der Waals surface area contributed by atoms with Gasteiger partial charge in [-0.15, -0.1) is 0 Å². The Morgan fingerprint density at radius 2 is 1.29 bits per heavy atom. The number of nitrogens with zero attached hydrogens (tertiary/aromatic N) is 1. The van der Waals surface area contributed by atoms with Crippen molar-refractivity contribution in [3.63, 3.8) is 0 Å². The van der Waals surface area contributed by atoms with Crippen LogP contribution in [0.4, 0.5) is 0 Å². The van der Waals surface area contributed by atoms with Gasteiger partial charge in [0.2, 0.25) is 0 Å². The summed E-state index contributed by atoms with van der Waals surface area (Å²) in [5.74, 6) is 0. The van der Waals surface area contributed by atoms with Crippen molar-refractivity contribution in [2.45, 2.75) is 0 Å². The van der Waals surface area contributed by atoms with Crippen LogP contribution >= 0.6 is 0 Å². The predicted molar refractivity (Wildman–Crippen MR) is 12.3 cm³/mol. The van der Waals surface area contributed by atoms with Gasteiger partial charge in [0.25, 0.3) is 0 Å². The van der Waals surface area contributed by atoms with Crippen LogP contribution in [0.15, 0.2) is 0 Å². The van der Waals surface area contributed by atoms with E-state index in [2.05, 4.69) is 0 Å². The van der Waals surface area contributed by atoms with E-state index in [-0.39, 0.29) is 42.0 Å². The fraction of sp³-hybridized carbons (Fsp3) is 0. The van der Waals surface area contributed by atoms with Crippen LogP contribution in [0, 0.1) is 15.3 Å². The van der Waals surface area contributed by atoms with Crippen molar-refractivity contribution >= 4 is 0 Å². The molecule has 5 nitrogen and oxygen atoms in total. The summed E-state index contributed by atoms with van der Waals surface area (Å²) in [5.41, 5.74) is 0. The molecule has 0 aliphatic carbocycles. The third kappa shape index (κ3) is 1270. The van der Waals surface area contributed by atoms with Gasteiger partial charge in [-0.3, -0.25) is 0 Å². The van der Waals surface area contributed by atoms with Gasteiger partial charge in [-0.2, -0.15) is 0 Å². The molecule has 0 aliphatic rings. The Bertz CT molecular complexity index is 34.7. The Morgan fingerprint density at radius 3 is 1.29 bits per heavy atom. The van der Waals surface area contributed by atoms with Crippen LogP contribution in [0.2, 0.25) is 0 Å². The first-order valence-corrected chi connectivity index (χ1v) is 0.548. The van der Waals surface area contributed by atoms with E-state index in [1.807, 2.05) is 0 Å². The molecule has 1 radical (unpaired) electrons. The third-order valence-corrected chi connectivity index (χ3v) is 0. The molecule has 0 fully saturated rings. The predicted octanol–water partition coefficient (Wildman–Crippen LogP) is -0.421.